The fourth-order valence-electron chi connectivity index (χ4n) is 1.85. The van der Waals surface area contributed by atoms with Gasteiger partial charge in [0.2, 0.25) is 0 Å². The van der Waals surface area contributed by atoms with Gasteiger partial charge in [-0.3, -0.25) is 14.5 Å². The Morgan fingerprint density at radius 3 is 2.35 bits per heavy atom. The van der Waals surface area contributed by atoms with E-state index >= 15 is 0 Å². The molecule has 116 valence electrons. The van der Waals surface area contributed by atoms with Gasteiger partial charge >= 0.3 is 6.09 Å². The molecule has 0 aromatic heterocycles. The van der Waals surface area contributed by atoms with Gasteiger partial charge in [0.1, 0.15) is 11.6 Å². The van der Waals surface area contributed by atoms with Crippen LogP contribution in [0, 0.1) is 0 Å². The average Bonchev–Trinajstić information content (AvgIpc) is 2.61. The van der Waals surface area contributed by atoms with E-state index in [0.717, 1.165) is 9.96 Å². The molecule has 0 saturated carbocycles. The maximum absolute atomic E-state index is 13.5. The number of alkyl halides is 2. The number of likely N-dealkylation sites (tertiary alicyclic amines) is 1. The van der Waals surface area contributed by atoms with Crippen molar-refractivity contribution < 1.29 is 27.9 Å². The summed E-state index contributed by atoms with van der Waals surface area (Å²) in [5.74, 6) is -3.83. The Kier molecular flexibility index (Phi) is 4.58. The van der Waals surface area contributed by atoms with E-state index in [-0.39, 0.29) is 0 Å². The summed E-state index contributed by atoms with van der Waals surface area (Å²) in [6.45, 7) is 4.03. The van der Waals surface area contributed by atoms with Crippen LogP contribution in [-0.4, -0.2) is 60.2 Å². The molecule has 8 heteroatoms. The van der Waals surface area contributed by atoms with E-state index in [1.54, 1.807) is 20.8 Å². The number of ether oxygens (including phenoxy) is 1. The summed E-state index contributed by atoms with van der Waals surface area (Å²) in [7, 11) is 2.54. The minimum absolute atomic E-state index is 0.712. The van der Waals surface area contributed by atoms with Crippen molar-refractivity contribution in [3.63, 3.8) is 0 Å². The normalized spacial score (nSPS) is 21.8. The molecular formula is C12H20F2N2O4. The molecule has 0 radical (unpaired) electrons. The molecule has 1 rings (SSSR count). The molecule has 1 atom stereocenters. The molecule has 1 aliphatic rings. The van der Waals surface area contributed by atoms with Crippen molar-refractivity contribution >= 4 is 12.0 Å². The first-order chi connectivity index (χ1) is 8.97. The summed E-state index contributed by atoms with van der Waals surface area (Å²) < 4.78 is 32.1. The first-order valence-corrected chi connectivity index (χ1v) is 6.16. The maximum Gasteiger partial charge on any atom is 0.411 e. The number of carbonyl (C=O) groups excluding carboxylic acids is 2. The number of likely N-dealkylation sites (N-methyl/N-ethyl adjacent to an activating group) is 1. The van der Waals surface area contributed by atoms with Crippen LogP contribution in [0.2, 0.25) is 0 Å². The van der Waals surface area contributed by atoms with Crippen molar-refractivity contribution in [1.82, 2.24) is 9.96 Å². The molecule has 6 nitrogen and oxygen atoms in total. The van der Waals surface area contributed by atoms with Gasteiger partial charge in [-0.2, -0.15) is 0 Å². The lowest BCUT2D eigenvalue weighted by molar-refractivity contribution is -0.173. The Labute approximate surface area is 116 Å². The van der Waals surface area contributed by atoms with Crippen LogP contribution in [-0.2, 0) is 14.4 Å². The lowest BCUT2D eigenvalue weighted by atomic mass is 10.2. The smallest absolute Gasteiger partial charge is 0.411 e. The number of amides is 2. The van der Waals surface area contributed by atoms with Crippen LogP contribution in [0.3, 0.4) is 0 Å². The van der Waals surface area contributed by atoms with Crippen LogP contribution >= 0.6 is 0 Å². The van der Waals surface area contributed by atoms with Gasteiger partial charge in [0, 0.05) is 13.5 Å². The van der Waals surface area contributed by atoms with Gasteiger partial charge in [0.15, 0.2) is 0 Å². The highest BCUT2D eigenvalue weighted by atomic mass is 19.3. The average molecular weight is 294 g/mol. The number of nitrogens with zero attached hydrogens (tertiary/aromatic N) is 2. The molecule has 0 aliphatic carbocycles. The predicted octanol–water partition coefficient (Wildman–Crippen LogP) is 1.65. The van der Waals surface area contributed by atoms with Crippen molar-refractivity contribution in [2.45, 2.75) is 44.8 Å². The topological polar surface area (TPSA) is 59.1 Å². The number of hydrogen-bond donors (Lipinski definition) is 0. The van der Waals surface area contributed by atoms with Gasteiger partial charge in [-0.1, -0.05) is 0 Å². The fraction of sp³-hybridized carbons (Fsp3) is 0.833. The third kappa shape index (κ3) is 4.03. The fourth-order valence-corrected chi connectivity index (χ4v) is 1.85. The number of rotatable bonds is 2. The van der Waals surface area contributed by atoms with E-state index in [4.69, 9.17) is 4.74 Å². The molecular weight excluding hydrogens is 274 g/mol. The number of carbonyl (C=O) groups is 2. The van der Waals surface area contributed by atoms with Crippen molar-refractivity contribution in [2.24, 2.45) is 0 Å². The molecule has 1 aliphatic heterocycles. The second kappa shape index (κ2) is 5.51. The number of hydroxylamine groups is 2. The predicted molar refractivity (Wildman–Crippen MR) is 66.1 cm³/mol. The van der Waals surface area contributed by atoms with Crippen LogP contribution in [0.15, 0.2) is 0 Å². The zero-order valence-corrected chi connectivity index (χ0v) is 12.3. The molecule has 0 N–H and O–H groups in total. The third-order valence-corrected chi connectivity index (χ3v) is 2.77. The number of halogens is 2. The molecule has 0 aromatic carbocycles. The second-order valence-electron chi connectivity index (χ2n) is 5.70. The minimum atomic E-state index is -3.12. The molecule has 1 saturated heterocycles. The SMILES string of the molecule is CON(C)C(=O)C1CC(F)(F)CN1C(=O)OC(C)(C)C. The van der Waals surface area contributed by atoms with Gasteiger partial charge < -0.3 is 4.74 Å². The summed E-state index contributed by atoms with van der Waals surface area (Å²) in [4.78, 5) is 29.3. The highest BCUT2D eigenvalue weighted by Gasteiger charge is 2.51. The van der Waals surface area contributed by atoms with Crippen molar-refractivity contribution in [3.05, 3.63) is 0 Å². The van der Waals surface area contributed by atoms with E-state index in [0.29, 0.717) is 0 Å². The minimum Gasteiger partial charge on any atom is -0.444 e. The summed E-state index contributed by atoms with van der Waals surface area (Å²) in [5, 5.41) is 0.823. The molecule has 0 spiro atoms. The zero-order chi connectivity index (χ0) is 15.7. The molecule has 1 fully saturated rings. The van der Waals surface area contributed by atoms with E-state index in [1.165, 1.54) is 14.2 Å². The van der Waals surface area contributed by atoms with Gasteiger partial charge in [-0.05, 0) is 20.8 Å². The van der Waals surface area contributed by atoms with Crippen molar-refractivity contribution in [3.8, 4) is 0 Å². The molecule has 0 bridgehead atoms. The van der Waals surface area contributed by atoms with E-state index < -0.39 is 42.5 Å². The quantitative estimate of drug-likeness (QED) is 0.727. The highest BCUT2D eigenvalue weighted by Crippen LogP contribution is 2.33. The van der Waals surface area contributed by atoms with Crippen LogP contribution in [0.1, 0.15) is 27.2 Å². The Bertz CT molecular complexity index is 395. The van der Waals surface area contributed by atoms with E-state index in [9.17, 15) is 18.4 Å². The van der Waals surface area contributed by atoms with Gasteiger partial charge in [-0.25, -0.2) is 18.6 Å². The second-order valence-corrected chi connectivity index (χ2v) is 5.70. The summed E-state index contributed by atoms with van der Waals surface area (Å²) in [5.41, 5.74) is -0.824. The monoisotopic (exact) mass is 294 g/mol. The molecule has 0 aromatic rings. The summed E-state index contributed by atoms with van der Waals surface area (Å²) >= 11 is 0. The largest absolute Gasteiger partial charge is 0.444 e. The molecule has 1 heterocycles. The van der Waals surface area contributed by atoms with E-state index in [1.807, 2.05) is 0 Å². The molecule has 2 amide bonds. The third-order valence-electron chi connectivity index (χ3n) is 2.77. The standard InChI is InChI=1S/C12H20F2N2O4/c1-11(2,3)20-10(18)16-7-12(13,14)6-8(16)9(17)15(4)19-5/h8H,6-7H2,1-5H3. The van der Waals surface area contributed by atoms with Crippen molar-refractivity contribution in [2.75, 3.05) is 20.7 Å². The van der Waals surface area contributed by atoms with Crippen LogP contribution < -0.4 is 0 Å². The lowest BCUT2D eigenvalue weighted by Gasteiger charge is -2.28. The first-order valence-electron chi connectivity index (χ1n) is 6.16. The Balaban J connectivity index is 2.91. The Morgan fingerprint density at radius 2 is 1.90 bits per heavy atom. The zero-order valence-electron chi connectivity index (χ0n) is 12.3. The Hall–Kier alpha value is -1.44. The van der Waals surface area contributed by atoms with Gasteiger partial charge in [-0.15, -0.1) is 0 Å². The highest BCUT2D eigenvalue weighted by molar-refractivity contribution is 5.85. The van der Waals surface area contributed by atoms with Crippen LogP contribution in [0.25, 0.3) is 0 Å². The molecule has 20 heavy (non-hydrogen) atoms. The Morgan fingerprint density at radius 1 is 1.35 bits per heavy atom. The molecule has 1 unspecified atom stereocenters. The van der Waals surface area contributed by atoms with E-state index in [2.05, 4.69) is 4.84 Å². The first kappa shape index (κ1) is 16.6. The summed E-state index contributed by atoms with van der Waals surface area (Å²) in [6.07, 6.45) is -1.67. The van der Waals surface area contributed by atoms with Crippen molar-refractivity contribution in [1.29, 1.82) is 0 Å². The van der Waals surface area contributed by atoms with Crippen LogP contribution in [0.4, 0.5) is 13.6 Å². The van der Waals surface area contributed by atoms with Crippen LogP contribution in [0.5, 0.6) is 0 Å². The summed E-state index contributed by atoms with van der Waals surface area (Å²) in [6, 6.07) is -1.29. The van der Waals surface area contributed by atoms with Gasteiger partial charge in [0.25, 0.3) is 11.8 Å². The number of hydrogen-bond acceptors (Lipinski definition) is 4. The lowest BCUT2D eigenvalue weighted by Crippen LogP contribution is -2.47. The maximum atomic E-state index is 13.5. The van der Waals surface area contributed by atoms with Gasteiger partial charge in [0.05, 0.1) is 13.7 Å².